The molecule has 0 aromatic rings. The van der Waals surface area contributed by atoms with Crippen LogP contribution < -0.4 is 5.32 Å². The Morgan fingerprint density at radius 3 is 2.45 bits per heavy atom. The molecule has 0 saturated carbocycles. The van der Waals surface area contributed by atoms with Crippen LogP contribution in [0.2, 0.25) is 0 Å². The molecule has 20 heavy (non-hydrogen) atoms. The topological polar surface area (TPSA) is 61.8 Å². The molecule has 0 spiro atoms. The van der Waals surface area contributed by atoms with E-state index in [-0.39, 0.29) is 18.2 Å². The lowest BCUT2D eigenvalue weighted by molar-refractivity contribution is 0.0126. The number of hydrogen-bond acceptors (Lipinski definition) is 4. The fraction of sp³-hybridized carbons (Fsp3) is 0.933. The van der Waals surface area contributed by atoms with Gasteiger partial charge in [0.2, 0.25) is 0 Å². The van der Waals surface area contributed by atoms with Crippen molar-refractivity contribution in [2.24, 2.45) is 0 Å². The minimum Gasteiger partial charge on any atom is -0.444 e. The largest absolute Gasteiger partial charge is 0.444 e. The summed E-state index contributed by atoms with van der Waals surface area (Å²) in [6.45, 7) is 12.5. The number of piperidine rings is 1. The predicted molar refractivity (Wildman–Crippen MR) is 79.7 cm³/mol. The molecular formula is C15H30N2O3. The van der Waals surface area contributed by atoms with Crippen LogP contribution in [-0.4, -0.2) is 52.5 Å². The Balaban J connectivity index is 2.52. The first kappa shape index (κ1) is 17.2. The van der Waals surface area contributed by atoms with E-state index < -0.39 is 11.2 Å². The van der Waals surface area contributed by atoms with Crippen LogP contribution in [0.1, 0.15) is 54.4 Å². The van der Waals surface area contributed by atoms with Gasteiger partial charge in [-0.15, -0.1) is 0 Å². The third-order valence-electron chi connectivity index (χ3n) is 3.62. The number of hydrogen-bond donors (Lipinski definition) is 2. The maximum Gasteiger partial charge on any atom is 0.410 e. The zero-order valence-corrected chi connectivity index (χ0v) is 13.7. The maximum absolute atomic E-state index is 12.1. The molecule has 0 bridgehead atoms. The summed E-state index contributed by atoms with van der Waals surface area (Å²) in [5.41, 5.74) is -1.23. The van der Waals surface area contributed by atoms with Gasteiger partial charge in [0, 0.05) is 25.2 Å². The molecule has 2 N–H and O–H groups in total. The highest BCUT2D eigenvalue weighted by Crippen LogP contribution is 2.17. The van der Waals surface area contributed by atoms with Gasteiger partial charge in [-0.3, -0.25) is 0 Å². The fourth-order valence-electron chi connectivity index (χ4n) is 2.16. The molecule has 1 rings (SSSR count). The van der Waals surface area contributed by atoms with Crippen LogP contribution in [0.3, 0.4) is 0 Å². The number of aliphatic hydroxyl groups is 1. The Kier molecular flexibility index (Phi) is 5.44. The van der Waals surface area contributed by atoms with Gasteiger partial charge < -0.3 is 20.1 Å². The first-order valence-electron chi connectivity index (χ1n) is 7.45. The van der Waals surface area contributed by atoms with E-state index in [0.29, 0.717) is 6.54 Å². The molecule has 0 aromatic heterocycles. The zero-order chi connectivity index (χ0) is 15.6. The Hall–Kier alpha value is -0.810. The molecule has 1 saturated heterocycles. The van der Waals surface area contributed by atoms with Crippen molar-refractivity contribution in [2.45, 2.75) is 77.7 Å². The van der Waals surface area contributed by atoms with E-state index in [1.165, 1.54) is 0 Å². The lowest BCUT2D eigenvalue weighted by Gasteiger charge is -2.37. The third-order valence-corrected chi connectivity index (χ3v) is 3.62. The van der Waals surface area contributed by atoms with Crippen LogP contribution >= 0.6 is 0 Å². The summed E-state index contributed by atoms with van der Waals surface area (Å²) >= 11 is 0. The highest BCUT2D eigenvalue weighted by atomic mass is 16.6. The van der Waals surface area contributed by atoms with Crippen LogP contribution in [-0.2, 0) is 4.74 Å². The normalized spacial score (nSPS) is 22.6. The number of carbonyl (C=O) groups is 1. The van der Waals surface area contributed by atoms with Crippen LogP contribution in [0, 0.1) is 0 Å². The molecule has 1 heterocycles. The Bertz CT molecular complexity index is 331. The van der Waals surface area contributed by atoms with Crippen LogP contribution in [0.4, 0.5) is 4.79 Å². The Labute approximate surface area is 122 Å². The lowest BCUT2D eigenvalue weighted by Crippen LogP contribution is -2.55. The zero-order valence-electron chi connectivity index (χ0n) is 13.7. The average Bonchev–Trinajstić information content (AvgIpc) is 2.25. The Morgan fingerprint density at radius 2 is 1.95 bits per heavy atom. The first-order valence-corrected chi connectivity index (χ1v) is 7.45. The van der Waals surface area contributed by atoms with Crippen molar-refractivity contribution in [2.75, 3.05) is 13.1 Å². The molecule has 1 amide bonds. The van der Waals surface area contributed by atoms with Crippen molar-refractivity contribution in [3.63, 3.8) is 0 Å². The maximum atomic E-state index is 12.1. The molecule has 2 unspecified atom stereocenters. The summed E-state index contributed by atoms with van der Waals surface area (Å²) in [6, 6.07) is 0.184. The van der Waals surface area contributed by atoms with Gasteiger partial charge in [0.15, 0.2) is 0 Å². The number of nitrogens with zero attached hydrogens (tertiary/aromatic N) is 1. The summed E-state index contributed by atoms with van der Waals surface area (Å²) in [5.74, 6) is 0. The first-order chi connectivity index (χ1) is 8.99. The summed E-state index contributed by atoms with van der Waals surface area (Å²) in [5, 5.41) is 13.4. The number of carbonyl (C=O) groups excluding carboxylic acids is 1. The van der Waals surface area contributed by atoms with Crippen molar-refractivity contribution in [1.29, 1.82) is 0 Å². The molecule has 0 aromatic carbocycles. The van der Waals surface area contributed by atoms with E-state index in [1.54, 1.807) is 18.7 Å². The number of ether oxygens (including phenoxy) is 1. The number of rotatable bonds is 3. The molecule has 0 aliphatic carbocycles. The van der Waals surface area contributed by atoms with Crippen molar-refractivity contribution in [3.05, 3.63) is 0 Å². The number of nitrogens with one attached hydrogen (secondary N) is 1. The van der Waals surface area contributed by atoms with Gasteiger partial charge >= 0.3 is 6.09 Å². The van der Waals surface area contributed by atoms with Crippen molar-refractivity contribution < 1.29 is 14.6 Å². The van der Waals surface area contributed by atoms with Crippen LogP contribution in [0.25, 0.3) is 0 Å². The minimum atomic E-state index is -0.770. The monoisotopic (exact) mass is 286 g/mol. The predicted octanol–water partition coefficient (Wildman–Crippen LogP) is 2.13. The average molecular weight is 286 g/mol. The van der Waals surface area contributed by atoms with Crippen LogP contribution in [0.15, 0.2) is 0 Å². The molecule has 118 valence electrons. The number of likely N-dealkylation sites (tertiary alicyclic amines) is 1. The van der Waals surface area contributed by atoms with Gasteiger partial charge in [-0.2, -0.15) is 0 Å². The van der Waals surface area contributed by atoms with Gasteiger partial charge in [0.05, 0.1) is 5.60 Å². The van der Waals surface area contributed by atoms with Gasteiger partial charge in [0.25, 0.3) is 0 Å². The second-order valence-electron chi connectivity index (χ2n) is 7.31. The fourth-order valence-corrected chi connectivity index (χ4v) is 2.16. The summed E-state index contributed by atoms with van der Waals surface area (Å²) < 4.78 is 5.41. The van der Waals surface area contributed by atoms with Crippen molar-refractivity contribution in [3.8, 4) is 0 Å². The van der Waals surface area contributed by atoms with Gasteiger partial charge in [-0.05, 0) is 54.4 Å². The molecule has 5 heteroatoms. The van der Waals surface area contributed by atoms with E-state index in [1.807, 2.05) is 27.7 Å². The number of amides is 1. The molecule has 1 aliphatic heterocycles. The molecule has 1 fully saturated rings. The second-order valence-corrected chi connectivity index (χ2v) is 7.31. The minimum absolute atomic E-state index is 0.0221. The van der Waals surface area contributed by atoms with Crippen molar-refractivity contribution >= 4 is 6.09 Å². The second kappa shape index (κ2) is 6.31. The smallest absolute Gasteiger partial charge is 0.410 e. The van der Waals surface area contributed by atoms with E-state index in [0.717, 1.165) is 19.4 Å². The molecular weight excluding hydrogens is 256 g/mol. The van der Waals surface area contributed by atoms with E-state index in [4.69, 9.17) is 4.74 Å². The summed E-state index contributed by atoms with van der Waals surface area (Å²) in [6.07, 6.45) is 1.72. The highest BCUT2D eigenvalue weighted by Gasteiger charge is 2.30. The quantitative estimate of drug-likeness (QED) is 0.834. The summed E-state index contributed by atoms with van der Waals surface area (Å²) in [4.78, 5) is 13.8. The lowest BCUT2D eigenvalue weighted by atomic mass is 9.97. The summed E-state index contributed by atoms with van der Waals surface area (Å²) in [7, 11) is 0. The van der Waals surface area contributed by atoms with Crippen molar-refractivity contribution in [1.82, 2.24) is 10.2 Å². The SMILES string of the molecule is CC(NC1CCCN(C(=O)OC(C)(C)C)C1)C(C)(C)O. The highest BCUT2D eigenvalue weighted by molar-refractivity contribution is 5.68. The standard InChI is InChI=1S/C15H30N2O3/c1-11(15(5,6)19)16-12-8-7-9-17(10-12)13(18)20-14(2,3)4/h11-12,16,19H,7-10H2,1-6H3. The molecule has 0 radical (unpaired) electrons. The van der Waals surface area contributed by atoms with E-state index in [2.05, 4.69) is 5.32 Å². The molecule has 2 atom stereocenters. The van der Waals surface area contributed by atoms with Gasteiger partial charge in [-0.25, -0.2) is 4.79 Å². The molecule has 1 aliphatic rings. The Morgan fingerprint density at radius 1 is 1.35 bits per heavy atom. The van der Waals surface area contributed by atoms with Gasteiger partial charge in [0.1, 0.15) is 5.60 Å². The van der Waals surface area contributed by atoms with E-state index >= 15 is 0 Å². The van der Waals surface area contributed by atoms with Gasteiger partial charge in [-0.1, -0.05) is 0 Å². The van der Waals surface area contributed by atoms with Crippen LogP contribution in [0.5, 0.6) is 0 Å². The molecule has 5 nitrogen and oxygen atoms in total. The van der Waals surface area contributed by atoms with E-state index in [9.17, 15) is 9.90 Å². The third kappa shape index (κ3) is 5.67.